The third-order valence-corrected chi connectivity index (χ3v) is 3.57. The third-order valence-electron chi connectivity index (χ3n) is 3.57. The van der Waals surface area contributed by atoms with Crippen LogP contribution in [0.1, 0.15) is 26.2 Å². The Bertz CT molecular complexity index is 237. The summed E-state index contributed by atoms with van der Waals surface area (Å²) < 4.78 is 5.37. The van der Waals surface area contributed by atoms with E-state index in [4.69, 9.17) is 4.74 Å². The molecule has 1 N–H and O–H groups in total. The zero-order valence-electron chi connectivity index (χ0n) is 10.1. The molecule has 1 amide bonds. The van der Waals surface area contributed by atoms with Crippen molar-refractivity contribution in [2.45, 2.75) is 32.2 Å². The Kier molecular flexibility index (Phi) is 4.18. The van der Waals surface area contributed by atoms with Gasteiger partial charge < -0.3 is 15.0 Å². The first-order chi connectivity index (χ1) is 7.79. The molecule has 2 unspecified atom stereocenters. The lowest BCUT2D eigenvalue weighted by molar-refractivity contribution is -0.135. The molecule has 4 heteroatoms. The third kappa shape index (κ3) is 2.74. The number of ether oxygens (including phenoxy) is 1. The zero-order valence-corrected chi connectivity index (χ0v) is 10.1. The predicted octanol–water partition coefficient (Wildman–Crippen LogP) is 0.623. The topological polar surface area (TPSA) is 41.6 Å². The van der Waals surface area contributed by atoms with Gasteiger partial charge in [-0.3, -0.25) is 4.79 Å². The van der Waals surface area contributed by atoms with Gasteiger partial charge >= 0.3 is 0 Å². The lowest BCUT2D eigenvalue weighted by Crippen LogP contribution is -2.52. The van der Waals surface area contributed by atoms with Gasteiger partial charge in [0.05, 0.1) is 12.6 Å². The second-order valence-corrected chi connectivity index (χ2v) is 4.84. The first-order valence-electron chi connectivity index (χ1n) is 6.39. The molecule has 0 aliphatic carbocycles. The first kappa shape index (κ1) is 11.9. The fourth-order valence-corrected chi connectivity index (χ4v) is 2.54. The SMILES string of the molecule is CC1CCCNC1C(=O)N1CCCOCC1. The van der Waals surface area contributed by atoms with Gasteiger partial charge in [0, 0.05) is 19.7 Å². The molecule has 2 aliphatic rings. The minimum absolute atomic E-state index is 0.0341. The average Bonchev–Trinajstić information content (AvgIpc) is 2.57. The van der Waals surface area contributed by atoms with Crippen LogP contribution in [0.4, 0.5) is 0 Å². The molecule has 0 aromatic carbocycles. The van der Waals surface area contributed by atoms with Crippen molar-refractivity contribution < 1.29 is 9.53 Å². The summed E-state index contributed by atoms with van der Waals surface area (Å²) in [4.78, 5) is 14.3. The molecule has 2 fully saturated rings. The second kappa shape index (κ2) is 5.64. The van der Waals surface area contributed by atoms with Crippen LogP contribution in [0.2, 0.25) is 0 Å². The van der Waals surface area contributed by atoms with Crippen molar-refractivity contribution >= 4 is 5.91 Å². The highest BCUT2D eigenvalue weighted by molar-refractivity contribution is 5.82. The molecule has 4 nitrogen and oxygen atoms in total. The van der Waals surface area contributed by atoms with Gasteiger partial charge in [0.15, 0.2) is 0 Å². The van der Waals surface area contributed by atoms with Crippen LogP contribution in [0.5, 0.6) is 0 Å². The average molecular weight is 226 g/mol. The Morgan fingerprint density at radius 3 is 3.00 bits per heavy atom. The van der Waals surface area contributed by atoms with Gasteiger partial charge in [-0.1, -0.05) is 6.92 Å². The number of nitrogens with one attached hydrogen (secondary N) is 1. The molecular formula is C12H22N2O2. The maximum absolute atomic E-state index is 12.3. The fourth-order valence-electron chi connectivity index (χ4n) is 2.54. The number of carbonyl (C=O) groups excluding carboxylic acids is 1. The highest BCUT2D eigenvalue weighted by atomic mass is 16.5. The van der Waals surface area contributed by atoms with Crippen LogP contribution in [0.25, 0.3) is 0 Å². The van der Waals surface area contributed by atoms with E-state index in [-0.39, 0.29) is 11.9 Å². The summed E-state index contributed by atoms with van der Waals surface area (Å²) in [6.45, 7) is 6.23. The molecule has 92 valence electrons. The summed E-state index contributed by atoms with van der Waals surface area (Å²) in [5, 5.41) is 3.35. The number of hydrogen-bond acceptors (Lipinski definition) is 3. The number of hydrogen-bond donors (Lipinski definition) is 1. The van der Waals surface area contributed by atoms with Gasteiger partial charge in [-0.05, 0) is 31.7 Å². The van der Waals surface area contributed by atoms with Crippen LogP contribution in [0, 0.1) is 5.92 Å². The van der Waals surface area contributed by atoms with E-state index in [1.54, 1.807) is 0 Å². The van der Waals surface area contributed by atoms with Crippen molar-refractivity contribution in [2.75, 3.05) is 32.8 Å². The van der Waals surface area contributed by atoms with E-state index in [0.29, 0.717) is 12.5 Å². The van der Waals surface area contributed by atoms with E-state index >= 15 is 0 Å². The van der Waals surface area contributed by atoms with Gasteiger partial charge in [0.2, 0.25) is 5.91 Å². The Balaban J connectivity index is 1.93. The molecule has 0 radical (unpaired) electrons. The van der Waals surface area contributed by atoms with Crippen LogP contribution in [0.15, 0.2) is 0 Å². The van der Waals surface area contributed by atoms with Crippen molar-refractivity contribution in [3.63, 3.8) is 0 Å². The largest absolute Gasteiger partial charge is 0.380 e. The van der Waals surface area contributed by atoms with E-state index in [1.807, 2.05) is 4.90 Å². The summed E-state index contributed by atoms with van der Waals surface area (Å²) in [6.07, 6.45) is 3.31. The highest BCUT2D eigenvalue weighted by Crippen LogP contribution is 2.18. The van der Waals surface area contributed by atoms with Crippen molar-refractivity contribution in [1.29, 1.82) is 0 Å². The Hall–Kier alpha value is -0.610. The van der Waals surface area contributed by atoms with Crippen molar-refractivity contribution in [3.8, 4) is 0 Å². The molecular weight excluding hydrogens is 204 g/mol. The second-order valence-electron chi connectivity index (χ2n) is 4.84. The monoisotopic (exact) mass is 226 g/mol. The summed E-state index contributed by atoms with van der Waals surface area (Å²) in [5.74, 6) is 0.739. The first-order valence-corrected chi connectivity index (χ1v) is 6.39. The van der Waals surface area contributed by atoms with Crippen LogP contribution in [-0.2, 0) is 9.53 Å². The molecule has 0 aromatic heterocycles. The normalized spacial score (nSPS) is 32.2. The Labute approximate surface area is 97.3 Å². The number of piperidine rings is 1. The van der Waals surface area contributed by atoms with Gasteiger partial charge in [-0.25, -0.2) is 0 Å². The van der Waals surface area contributed by atoms with Crippen LogP contribution < -0.4 is 5.32 Å². The molecule has 0 spiro atoms. The lowest BCUT2D eigenvalue weighted by Gasteiger charge is -2.33. The highest BCUT2D eigenvalue weighted by Gasteiger charge is 2.30. The van der Waals surface area contributed by atoms with Crippen LogP contribution in [0.3, 0.4) is 0 Å². The molecule has 2 heterocycles. The molecule has 0 saturated carbocycles. The quantitative estimate of drug-likeness (QED) is 0.713. The summed E-state index contributed by atoms with van der Waals surface area (Å²) in [6, 6.07) is 0.0341. The standard InChI is InChI=1S/C12H22N2O2/c1-10-4-2-5-13-11(10)12(15)14-6-3-8-16-9-7-14/h10-11,13H,2-9H2,1H3. The number of rotatable bonds is 1. The zero-order chi connectivity index (χ0) is 11.4. The van der Waals surface area contributed by atoms with Crippen molar-refractivity contribution in [2.24, 2.45) is 5.92 Å². The molecule has 0 aromatic rings. The smallest absolute Gasteiger partial charge is 0.240 e. The van der Waals surface area contributed by atoms with Crippen LogP contribution in [-0.4, -0.2) is 49.7 Å². The molecule has 2 atom stereocenters. The van der Waals surface area contributed by atoms with E-state index in [2.05, 4.69) is 12.2 Å². The summed E-state index contributed by atoms with van der Waals surface area (Å²) in [7, 11) is 0. The van der Waals surface area contributed by atoms with Gasteiger partial charge in [-0.2, -0.15) is 0 Å². The minimum Gasteiger partial charge on any atom is -0.380 e. The van der Waals surface area contributed by atoms with Crippen LogP contribution >= 0.6 is 0 Å². The van der Waals surface area contributed by atoms with Gasteiger partial charge in [0.25, 0.3) is 0 Å². The predicted molar refractivity (Wildman–Crippen MR) is 62.2 cm³/mol. The maximum Gasteiger partial charge on any atom is 0.240 e. The lowest BCUT2D eigenvalue weighted by atomic mass is 9.92. The number of carbonyl (C=O) groups is 1. The molecule has 2 aliphatic heterocycles. The Morgan fingerprint density at radius 1 is 1.31 bits per heavy atom. The minimum atomic E-state index is 0.0341. The molecule has 2 saturated heterocycles. The maximum atomic E-state index is 12.3. The van der Waals surface area contributed by atoms with Gasteiger partial charge in [-0.15, -0.1) is 0 Å². The Morgan fingerprint density at radius 2 is 2.19 bits per heavy atom. The van der Waals surface area contributed by atoms with E-state index < -0.39 is 0 Å². The van der Waals surface area contributed by atoms with Crippen molar-refractivity contribution in [3.05, 3.63) is 0 Å². The molecule has 16 heavy (non-hydrogen) atoms. The molecule has 2 rings (SSSR count). The number of nitrogens with zero attached hydrogens (tertiary/aromatic N) is 1. The summed E-state index contributed by atoms with van der Waals surface area (Å²) in [5.41, 5.74) is 0. The van der Waals surface area contributed by atoms with E-state index in [9.17, 15) is 4.79 Å². The molecule has 0 bridgehead atoms. The van der Waals surface area contributed by atoms with Crippen molar-refractivity contribution in [1.82, 2.24) is 10.2 Å². The van der Waals surface area contributed by atoms with Gasteiger partial charge in [0.1, 0.15) is 0 Å². The fraction of sp³-hybridized carbons (Fsp3) is 0.917. The van der Waals surface area contributed by atoms with E-state index in [0.717, 1.165) is 39.1 Å². The summed E-state index contributed by atoms with van der Waals surface area (Å²) >= 11 is 0. The number of amides is 1. The van der Waals surface area contributed by atoms with E-state index in [1.165, 1.54) is 6.42 Å².